The molecule has 1 atom stereocenters. The second kappa shape index (κ2) is 6.37. The third-order valence-corrected chi connectivity index (χ3v) is 4.74. The third-order valence-electron chi connectivity index (χ3n) is 4.74. The lowest BCUT2D eigenvalue weighted by Crippen LogP contribution is -2.34. The number of hydrogen-bond acceptors (Lipinski definition) is 5. The molecule has 0 amide bonds. The zero-order valence-corrected chi connectivity index (χ0v) is 13.8. The molecular formula is C18H22N4O2. The lowest BCUT2D eigenvalue weighted by molar-refractivity contribution is 0.163. The molecule has 1 aromatic carbocycles. The number of aliphatic hydroxyl groups excluding tert-OH is 1. The Labute approximate surface area is 140 Å². The van der Waals surface area contributed by atoms with Gasteiger partial charge >= 0.3 is 0 Å². The molecule has 0 aliphatic carbocycles. The predicted molar refractivity (Wildman–Crippen MR) is 90.4 cm³/mol. The summed E-state index contributed by atoms with van der Waals surface area (Å²) in [5.74, 6) is 1.02. The van der Waals surface area contributed by atoms with Crippen LogP contribution in [0.4, 0.5) is 0 Å². The van der Waals surface area contributed by atoms with Gasteiger partial charge in [0.15, 0.2) is 0 Å². The normalized spacial score (nSPS) is 18.2. The van der Waals surface area contributed by atoms with Gasteiger partial charge in [0, 0.05) is 18.5 Å². The lowest BCUT2D eigenvalue weighted by Gasteiger charge is -2.31. The summed E-state index contributed by atoms with van der Waals surface area (Å²) in [6.45, 7) is 4.57. The number of aromatic nitrogens is 3. The topological polar surface area (TPSA) is 67.3 Å². The van der Waals surface area contributed by atoms with E-state index in [9.17, 15) is 5.11 Å². The smallest absolute Gasteiger partial charge is 0.134 e. The fourth-order valence-corrected chi connectivity index (χ4v) is 3.34. The Balaban J connectivity index is 1.37. The molecule has 24 heavy (non-hydrogen) atoms. The summed E-state index contributed by atoms with van der Waals surface area (Å²) in [5.41, 5.74) is 1.59. The van der Waals surface area contributed by atoms with Crippen LogP contribution in [0, 0.1) is 0 Å². The van der Waals surface area contributed by atoms with Gasteiger partial charge in [0.25, 0.3) is 0 Å². The van der Waals surface area contributed by atoms with Gasteiger partial charge in [-0.15, -0.1) is 5.10 Å². The monoisotopic (exact) mass is 326 g/mol. The van der Waals surface area contributed by atoms with Crippen LogP contribution in [-0.2, 0) is 6.54 Å². The number of aliphatic hydroxyl groups is 1. The highest BCUT2D eigenvalue weighted by atomic mass is 16.3. The van der Waals surface area contributed by atoms with Crippen molar-refractivity contribution in [1.82, 2.24) is 19.9 Å². The Kier molecular flexibility index (Phi) is 4.08. The van der Waals surface area contributed by atoms with Gasteiger partial charge in [0.2, 0.25) is 0 Å². The molecular weight excluding hydrogens is 304 g/mol. The van der Waals surface area contributed by atoms with Crippen LogP contribution in [0.15, 0.2) is 40.9 Å². The number of benzene rings is 1. The van der Waals surface area contributed by atoms with Crippen molar-refractivity contribution < 1.29 is 9.52 Å². The average molecular weight is 326 g/mol. The third kappa shape index (κ3) is 3.07. The number of rotatable bonds is 4. The summed E-state index contributed by atoms with van der Waals surface area (Å²) in [6.07, 6.45) is 3.36. The first kappa shape index (κ1) is 15.4. The number of fused-ring (bicyclic) bond motifs is 1. The number of hydrogen-bond donors (Lipinski definition) is 1. The lowest BCUT2D eigenvalue weighted by atomic mass is 10.1. The molecule has 1 N–H and O–H groups in total. The van der Waals surface area contributed by atoms with Crippen molar-refractivity contribution in [2.24, 2.45) is 0 Å². The minimum Gasteiger partial charge on any atom is -0.460 e. The summed E-state index contributed by atoms with van der Waals surface area (Å²) in [6, 6.07) is 10.6. The molecule has 1 saturated heterocycles. The molecule has 0 spiro atoms. The molecule has 4 rings (SSSR count). The highest BCUT2D eigenvalue weighted by Gasteiger charge is 2.23. The van der Waals surface area contributed by atoms with Crippen molar-refractivity contribution in [3.63, 3.8) is 0 Å². The summed E-state index contributed by atoms with van der Waals surface area (Å²) >= 11 is 0. The van der Waals surface area contributed by atoms with Gasteiger partial charge in [0.1, 0.15) is 17.0 Å². The van der Waals surface area contributed by atoms with Crippen molar-refractivity contribution in [3.05, 3.63) is 48.0 Å². The maximum Gasteiger partial charge on any atom is 0.134 e. The summed E-state index contributed by atoms with van der Waals surface area (Å²) in [4.78, 5) is 2.42. The number of piperidine rings is 1. The highest BCUT2D eigenvalue weighted by Crippen LogP contribution is 2.25. The molecule has 3 aromatic rings. The minimum absolute atomic E-state index is 0.358. The Morgan fingerprint density at radius 1 is 1.29 bits per heavy atom. The molecule has 2 aromatic heterocycles. The van der Waals surface area contributed by atoms with E-state index < -0.39 is 6.10 Å². The Hall–Kier alpha value is -2.18. The van der Waals surface area contributed by atoms with E-state index in [1.54, 1.807) is 6.92 Å². The van der Waals surface area contributed by atoms with Crippen molar-refractivity contribution in [1.29, 1.82) is 0 Å². The van der Waals surface area contributed by atoms with E-state index >= 15 is 0 Å². The molecule has 1 aliphatic rings. The van der Waals surface area contributed by atoms with E-state index in [-0.39, 0.29) is 0 Å². The largest absolute Gasteiger partial charge is 0.460 e. The molecule has 3 heterocycles. The predicted octanol–water partition coefficient (Wildman–Crippen LogP) is 2.91. The molecule has 0 bridgehead atoms. The van der Waals surface area contributed by atoms with Crippen LogP contribution >= 0.6 is 0 Å². The molecule has 6 nitrogen and oxygen atoms in total. The molecule has 0 radical (unpaired) electrons. The fourth-order valence-electron chi connectivity index (χ4n) is 3.34. The van der Waals surface area contributed by atoms with Gasteiger partial charge in [-0.25, -0.2) is 4.68 Å². The van der Waals surface area contributed by atoms with Crippen LogP contribution in [0.25, 0.3) is 11.0 Å². The van der Waals surface area contributed by atoms with E-state index in [1.807, 2.05) is 29.1 Å². The first-order valence-corrected chi connectivity index (χ1v) is 8.48. The van der Waals surface area contributed by atoms with Crippen LogP contribution in [0.1, 0.15) is 43.4 Å². The first-order chi connectivity index (χ1) is 11.7. The van der Waals surface area contributed by atoms with Crippen LogP contribution in [0.5, 0.6) is 0 Å². The molecule has 6 heteroatoms. The zero-order chi connectivity index (χ0) is 16.5. The molecule has 0 unspecified atom stereocenters. The maximum absolute atomic E-state index is 9.57. The Morgan fingerprint density at radius 3 is 2.79 bits per heavy atom. The standard InChI is InChI=1S/C18H22N4O2/c1-13(23)17-12-22(20-19-17)15-6-8-21(9-7-15)11-16-10-14-4-2-3-5-18(14)24-16/h2-5,10,12-13,15,23H,6-9,11H2,1H3/t13-/m0/s1. The van der Waals surface area contributed by atoms with Gasteiger partial charge < -0.3 is 9.52 Å². The van der Waals surface area contributed by atoms with E-state index in [0.29, 0.717) is 11.7 Å². The van der Waals surface area contributed by atoms with E-state index in [2.05, 4.69) is 27.3 Å². The van der Waals surface area contributed by atoms with Crippen LogP contribution in [-0.4, -0.2) is 38.1 Å². The number of furan rings is 1. The summed E-state index contributed by atoms with van der Waals surface area (Å²) < 4.78 is 7.82. The van der Waals surface area contributed by atoms with Crippen molar-refractivity contribution in [3.8, 4) is 0 Å². The van der Waals surface area contributed by atoms with Crippen LogP contribution < -0.4 is 0 Å². The fraction of sp³-hybridized carbons (Fsp3) is 0.444. The summed E-state index contributed by atoms with van der Waals surface area (Å²) in [5, 5.41) is 18.9. The van der Waals surface area contributed by atoms with Crippen molar-refractivity contribution in [2.75, 3.05) is 13.1 Å². The minimum atomic E-state index is -0.563. The van der Waals surface area contributed by atoms with Gasteiger partial charge in [-0.05, 0) is 31.9 Å². The second-order valence-corrected chi connectivity index (χ2v) is 6.56. The zero-order valence-electron chi connectivity index (χ0n) is 13.8. The summed E-state index contributed by atoms with van der Waals surface area (Å²) in [7, 11) is 0. The maximum atomic E-state index is 9.57. The van der Waals surface area contributed by atoms with E-state index in [1.165, 1.54) is 0 Å². The van der Waals surface area contributed by atoms with Gasteiger partial charge in [-0.3, -0.25) is 4.90 Å². The number of para-hydroxylation sites is 1. The molecule has 1 fully saturated rings. The van der Waals surface area contributed by atoms with Crippen LogP contribution in [0.3, 0.4) is 0 Å². The number of nitrogens with zero attached hydrogens (tertiary/aromatic N) is 4. The molecule has 1 aliphatic heterocycles. The second-order valence-electron chi connectivity index (χ2n) is 6.56. The van der Waals surface area contributed by atoms with Gasteiger partial charge in [-0.1, -0.05) is 23.4 Å². The Morgan fingerprint density at radius 2 is 2.08 bits per heavy atom. The average Bonchev–Trinajstić information content (AvgIpc) is 3.22. The Bertz CT molecular complexity index is 782. The highest BCUT2D eigenvalue weighted by molar-refractivity contribution is 5.77. The molecule has 0 saturated carbocycles. The van der Waals surface area contributed by atoms with Crippen molar-refractivity contribution >= 4 is 11.0 Å². The number of likely N-dealkylation sites (tertiary alicyclic amines) is 1. The molecule has 126 valence electrons. The van der Waals surface area contributed by atoms with Crippen LogP contribution in [0.2, 0.25) is 0 Å². The van der Waals surface area contributed by atoms with E-state index in [0.717, 1.165) is 49.2 Å². The van der Waals surface area contributed by atoms with Crippen molar-refractivity contribution in [2.45, 2.75) is 38.5 Å². The van der Waals surface area contributed by atoms with Gasteiger partial charge in [-0.2, -0.15) is 0 Å². The SMILES string of the molecule is C[C@H](O)c1cn(C2CCN(Cc3cc4ccccc4o3)CC2)nn1. The van der Waals surface area contributed by atoms with Gasteiger partial charge in [0.05, 0.1) is 24.9 Å². The first-order valence-electron chi connectivity index (χ1n) is 8.48. The van der Waals surface area contributed by atoms with E-state index in [4.69, 9.17) is 4.42 Å². The quantitative estimate of drug-likeness (QED) is 0.798.